The second-order valence-corrected chi connectivity index (χ2v) is 21.4. The fourth-order valence-electron chi connectivity index (χ4n) is 4.57. The summed E-state index contributed by atoms with van der Waals surface area (Å²) in [6.07, 6.45) is 7.40. The van der Waals surface area contributed by atoms with Crippen LogP contribution in [-0.2, 0) is 0 Å². The van der Waals surface area contributed by atoms with Crippen molar-refractivity contribution in [2.24, 2.45) is 0 Å². The van der Waals surface area contributed by atoms with Crippen molar-refractivity contribution in [3.8, 4) is 22.6 Å². The van der Waals surface area contributed by atoms with E-state index in [4.69, 9.17) is 9.47 Å². The fraction of sp³-hybridized carbons (Fsp3) is 0.538. The van der Waals surface area contributed by atoms with Gasteiger partial charge in [-0.15, -0.1) is 0 Å². The molecule has 0 fully saturated rings. The molecular formula is C26H39FO2Sn. The molecule has 4 heteroatoms. The summed E-state index contributed by atoms with van der Waals surface area (Å²) in [6, 6.07) is 11.4. The second kappa shape index (κ2) is 12.6. The van der Waals surface area contributed by atoms with E-state index in [9.17, 15) is 0 Å². The predicted molar refractivity (Wildman–Crippen MR) is 129 cm³/mol. The van der Waals surface area contributed by atoms with Gasteiger partial charge in [0.2, 0.25) is 0 Å². The van der Waals surface area contributed by atoms with Gasteiger partial charge in [0.15, 0.2) is 0 Å². The molecule has 2 nitrogen and oxygen atoms in total. The maximum absolute atomic E-state index is 15.1. The first-order chi connectivity index (χ1) is 14.6. The van der Waals surface area contributed by atoms with E-state index < -0.39 is 18.4 Å². The first-order valence-electron chi connectivity index (χ1n) is 11.6. The van der Waals surface area contributed by atoms with Crippen LogP contribution in [-0.4, -0.2) is 32.6 Å². The van der Waals surface area contributed by atoms with Gasteiger partial charge in [-0.25, -0.2) is 0 Å². The summed E-state index contributed by atoms with van der Waals surface area (Å²) < 4.78 is 31.8. The Bertz CT molecular complexity index is 769. The quantitative estimate of drug-likeness (QED) is 0.253. The van der Waals surface area contributed by atoms with Gasteiger partial charge in [0.25, 0.3) is 0 Å². The van der Waals surface area contributed by atoms with Crippen molar-refractivity contribution in [2.45, 2.75) is 72.6 Å². The number of hydrogen-bond acceptors (Lipinski definition) is 2. The van der Waals surface area contributed by atoms with Crippen LogP contribution in [0.5, 0.6) is 11.5 Å². The van der Waals surface area contributed by atoms with E-state index in [0.717, 1.165) is 11.3 Å². The molecule has 30 heavy (non-hydrogen) atoms. The van der Waals surface area contributed by atoms with Crippen molar-refractivity contribution >= 4 is 22.0 Å². The third-order valence-electron chi connectivity index (χ3n) is 6.29. The van der Waals surface area contributed by atoms with Crippen molar-refractivity contribution in [2.75, 3.05) is 14.2 Å². The zero-order chi connectivity index (χ0) is 22.0. The van der Waals surface area contributed by atoms with Crippen LogP contribution in [0.25, 0.3) is 11.1 Å². The Morgan fingerprint density at radius 2 is 1.40 bits per heavy atom. The van der Waals surface area contributed by atoms with Gasteiger partial charge in [-0.05, 0) is 0 Å². The van der Waals surface area contributed by atoms with Gasteiger partial charge < -0.3 is 0 Å². The second-order valence-electron chi connectivity index (χ2n) is 8.32. The average Bonchev–Trinajstić information content (AvgIpc) is 2.78. The SMILES string of the molecule is CCC[CH2][Sn]([CH2]CCC)([CH2]CCC)[c]1cc(OC)ccc1-c1c(F)cccc1OC. The summed E-state index contributed by atoms with van der Waals surface area (Å²) in [7, 11) is 3.35. The van der Waals surface area contributed by atoms with Gasteiger partial charge >= 0.3 is 187 Å². The molecule has 0 bridgehead atoms. The minimum absolute atomic E-state index is 0.206. The van der Waals surface area contributed by atoms with E-state index in [-0.39, 0.29) is 5.82 Å². The number of ether oxygens (including phenoxy) is 2. The van der Waals surface area contributed by atoms with Gasteiger partial charge in [-0.1, -0.05) is 0 Å². The predicted octanol–water partition coefficient (Wildman–Crippen LogP) is 7.57. The molecule has 0 heterocycles. The Labute approximate surface area is 187 Å². The van der Waals surface area contributed by atoms with Crippen LogP contribution >= 0.6 is 0 Å². The van der Waals surface area contributed by atoms with Gasteiger partial charge in [0.05, 0.1) is 0 Å². The van der Waals surface area contributed by atoms with Crippen molar-refractivity contribution < 1.29 is 13.9 Å². The number of halogens is 1. The first-order valence-corrected chi connectivity index (χ1v) is 19.1. The molecule has 2 aromatic carbocycles. The normalized spacial score (nSPS) is 11.5. The molecule has 0 N–H and O–H groups in total. The summed E-state index contributed by atoms with van der Waals surface area (Å²) >= 11 is -2.83. The molecule has 0 aliphatic carbocycles. The maximum atomic E-state index is 15.1. The van der Waals surface area contributed by atoms with Crippen LogP contribution in [0.2, 0.25) is 13.3 Å². The number of unbranched alkanes of at least 4 members (excludes halogenated alkanes) is 3. The third kappa shape index (κ3) is 5.93. The standard InChI is InChI=1S/C14H12FO2.3C4H9.Sn/c1-16-11-8-6-10(7-9-11)14-12(15)4-3-5-13(14)17-2;3*1-3-4-2;/h3-6,8-9H,1-2H3;3*1,3-4H2,2H3;. The van der Waals surface area contributed by atoms with Gasteiger partial charge in [0, 0.05) is 0 Å². The van der Waals surface area contributed by atoms with Crippen LogP contribution in [0.1, 0.15) is 59.3 Å². The summed E-state index contributed by atoms with van der Waals surface area (Å²) in [5.74, 6) is 1.29. The van der Waals surface area contributed by atoms with E-state index in [2.05, 4.69) is 32.9 Å². The van der Waals surface area contributed by atoms with Crippen LogP contribution in [0.15, 0.2) is 36.4 Å². The van der Waals surface area contributed by atoms with Gasteiger partial charge in [-0.3, -0.25) is 0 Å². The summed E-state index contributed by atoms with van der Waals surface area (Å²) in [6.45, 7) is 6.84. The van der Waals surface area contributed by atoms with Gasteiger partial charge in [0.1, 0.15) is 0 Å². The zero-order valence-electron chi connectivity index (χ0n) is 19.5. The Morgan fingerprint density at radius 3 is 1.90 bits per heavy atom. The Hall–Kier alpha value is -1.23. The van der Waals surface area contributed by atoms with Gasteiger partial charge in [-0.2, -0.15) is 0 Å². The molecule has 2 rings (SSSR count). The van der Waals surface area contributed by atoms with Crippen molar-refractivity contribution in [1.29, 1.82) is 0 Å². The van der Waals surface area contributed by atoms with E-state index in [1.54, 1.807) is 26.4 Å². The average molecular weight is 521 g/mol. The molecule has 0 aromatic heterocycles. The molecular weight excluding hydrogens is 482 g/mol. The third-order valence-corrected chi connectivity index (χ3v) is 22.0. The van der Waals surface area contributed by atoms with E-state index in [1.807, 2.05) is 12.1 Å². The minimum atomic E-state index is -2.83. The molecule has 0 radical (unpaired) electrons. The molecule has 0 saturated carbocycles. The topological polar surface area (TPSA) is 18.5 Å². The molecule has 0 aliphatic rings. The molecule has 166 valence electrons. The molecule has 0 aliphatic heterocycles. The van der Waals surface area contributed by atoms with Crippen molar-refractivity contribution in [1.82, 2.24) is 0 Å². The van der Waals surface area contributed by atoms with Crippen LogP contribution in [0.4, 0.5) is 4.39 Å². The van der Waals surface area contributed by atoms with E-state index in [0.29, 0.717) is 11.3 Å². The molecule has 2 aromatic rings. The van der Waals surface area contributed by atoms with Crippen LogP contribution < -0.4 is 13.1 Å². The fourth-order valence-corrected chi connectivity index (χ4v) is 21.3. The first kappa shape index (κ1) is 25.0. The summed E-state index contributed by atoms with van der Waals surface area (Å²) in [5.41, 5.74) is 1.65. The zero-order valence-corrected chi connectivity index (χ0v) is 22.4. The molecule has 0 saturated heterocycles. The van der Waals surface area contributed by atoms with Crippen molar-refractivity contribution in [3.05, 3.63) is 42.2 Å². The van der Waals surface area contributed by atoms with Crippen LogP contribution in [0.3, 0.4) is 0 Å². The molecule has 0 amide bonds. The monoisotopic (exact) mass is 522 g/mol. The summed E-state index contributed by atoms with van der Waals surface area (Å²) in [4.78, 5) is 0. The molecule has 0 unspecified atom stereocenters. The Balaban J connectivity index is 2.78. The Morgan fingerprint density at radius 1 is 0.800 bits per heavy atom. The number of benzene rings is 2. The van der Waals surface area contributed by atoms with E-state index >= 15 is 4.39 Å². The molecule has 0 spiro atoms. The molecule has 0 atom stereocenters. The van der Waals surface area contributed by atoms with E-state index in [1.165, 1.54) is 55.4 Å². The van der Waals surface area contributed by atoms with Crippen LogP contribution in [0, 0.1) is 5.82 Å². The Kier molecular flexibility index (Phi) is 10.5. The number of methoxy groups -OCH3 is 2. The number of rotatable bonds is 13. The summed E-state index contributed by atoms with van der Waals surface area (Å²) in [5, 5.41) is 0. The van der Waals surface area contributed by atoms with Crippen molar-refractivity contribution in [3.63, 3.8) is 0 Å². The number of hydrogen-bond donors (Lipinski definition) is 0.